The van der Waals surface area contributed by atoms with Crippen LogP contribution in [0.1, 0.15) is 43.7 Å². The van der Waals surface area contributed by atoms with Gasteiger partial charge in [-0.15, -0.1) is 0 Å². The van der Waals surface area contributed by atoms with Gasteiger partial charge >= 0.3 is 5.69 Å². The summed E-state index contributed by atoms with van der Waals surface area (Å²) in [5.41, 5.74) is 1.34. The summed E-state index contributed by atoms with van der Waals surface area (Å²) < 4.78 is 1.25. The second-order valence-corrected chi connectivity index (χ2v) is 14.6. The van der Waals surface area contributed by atoms with Gasteiger partial charge in [0.2, 0.25) is 0 Å². The fourth-order valence-electron chi connectivity index (χ4n) is 8.82. The van der Waals surface area contributed by atoms with Crippen LogP contribution in [0.5, 0.6) is 0 Å². The van der Waals surface area contributed by atoms with Gasteiger partial charge in [-0.1, -0.05) is 47.5 Å². The fourth-order valence-corrected chi connectivity index (χ4v) is 9.14. The van der Waals surface area contributed by atoms with E-state index in [4.69, 9.17) is 23.2 Å². The number of hydrogen-bond acceptors (Lipinski definition) is 8. The van der Waals surface area contributed by atoms with Crippen LogP contribution in [-0.2, 0) is 11.3 Å². The number of aromatic amines is 1. The van der Waals surface area contributed by atoms with Crippen LogP contribution < -0.4 is 10.8 Å². The number of imidazole rings is 1. The molecule has 4 aromatic rings. The predicted octanol–water partition coefficient (Wildman–Crippen LogP) is 3.88. The maximum atomic E-state index is 13.7. The normalized spacial score (nSPS) is 26.7. The van der Waals surface area contributed by atoms with E-state index >= 15 is 0 Å². The van der Waals surface area contributed by atoms with Crippen molar-refractivity contribution < 1.29 is 19.2 Å². The quantitative estimate of drug-likeness (QED) is 0.229. The lowest BCUT2D eigenvalue weighted by atomic mass is 9.82. The molecule has 0 saturated carbocycles. The SMILES string of the molecule is CN1CCC(N2CCN(C3(CC=O)CC(n4c(=O)[nH]c5c6ccccc6ncc54)CC[N@+]3(Cc3ccc(Cl)c(Cl)c3)C(=O)[O-])CC2)CC1. The number of amides is 1. The maximum absolute atomic E-state index is 13.7. The van der Waals surface area contributed by atoms with Crippen LogP contribution in [-0.4, -0.2) is 111 Å². The van der Waals surface area contributed by atoms with Crippen LogP contribution in [0.25, 0.3) is 21.9 Å². The summed E-state index contributed by atoms with van der Waals surface area (Å²) in [5.74, 6) is 0. The molecule has 3 aliphatic heterocycles. The number of halogens is 2. The molecular formula is C35H41Cl2N7O4. The van der Waals surface area contributed by atoms with Crippen LogP contribution in [0.4, 0.5) is 4.79 Å². The molecule has 2 aromatic carbocycles. The van der Waals surface area contributed by atoms with Crippen molar-refractivity contribution in [3.8, 4) is 0 Å². The number of nitrogens with zero attached hydrogens (tertiary/aromatic N) is 6. The van der Waals surface area contributed by atoms with E-state index < -0.39 is 16.2 Å². The number of hydrogen-bond donors (Lipinski definition) is 1. The number of piperazine rings is 1. The van der Waals surface area contributed by atoms with Crippen LogP contribution in [0.2, 0.25) is 10.0 Å². The second-order valence-electron chi connectivity index (χ2n) is 13.8. The second kappa shape index (κ2) is 13.2. The van der Waals surface area contributed by atoms with Crippen molar-refractivity contribution >= 4 is 57.5 Å². The Kier molecular flexibility index (Phi) is 9.12. The third-order valence-corrected chi connectivity index (χ3v) is 12.1. The summed E-state index contributed by atoms with van der Waals surface area (Å²) in [6.45, 7) is 5.04. The summed E-state index contributed by atoms with van der Waals surface area (Å²) in [4.78, 5) is 55.0. The molecule has 0 spiro atoms. The zero-order chi connectivity index (χ0) is 33.6. The number of carbonyl (C=O) groups is 2. The topological polar surface area (TPSA) is 118 Å². The predicted molar refractivity (Wildman–Crippen MR) is 184 cm³/mol. The first-order chi connectivity index (χ1) is 23.2. The van der Waals surface area contributed by atoms with Crippen molar-refractivity contribution in [2.24, 2.45) is 0 Å². The molecule has 7 rings (SSSR count). The number of nitrogens with one attached hydrogen (secondary N) is 1. The van der Waals surface area contributed by atoms with Gasteiger partial charge in [-0.2, -0.15) is 0 Å². The van der Waals surface area contributed by atoms with Crippen LogP contribution in [0.15, 0.2) is 53.5 Å². The van der Waals surface area contributed by atoms with Gasteiger partial charge in [0.1, 0.15) is 12.8 Å². The van der Waals surface area contributed by atoms with E-state index in [1.807, 2.05) is 24.3 Å². The molecule has 1 N–H and O–H groups in total. The fraction of sp³-hybridized carbons (Fsp3) is 0.486. The number of pyridine rings is 1. The van der Waals surface area contributed by atoms with Crippen LogP contribution >= 0.6 is 23.2 Å². The molecule has 0 bridgehead atoms. The first-order valence-electron chi connectivity index (χ1n) is 16.8. The molecule has 3 saturated heterocycles. The first-order valence-corrected chi connectivity index (χ1v) is 17.5. The number of H-pyrrole nitrogens is 1. The summed E-state index contributed by atoms with van der Waals surface area (Å²) in [5, 5.41) is 15.2. The van der Waals surface area contributed by atoms with Crippen molar-refractivity contribution in [3.05, 3.63) is 74.8 Å². The molecular weight excluding hydrogens is 653 g/mol. The van der Waals surface area contributed by atoms with E-state index in [2.05, 4.69) is 31.7 Å². The molecule has 3 aliphatic rings. The Bertz CT molecular complexity index is 1900. The van der Waals surface area contributed by atoms with Crippen molar-refractivity contribution in [2.45, 2.75) is 56.4 Å². The van der Waals surface area contributed by atoms with E-state index in [0.29, 0.717) is 52.2 Å². The van der Waals surface area contributed by atoms with Crippen LogP contribution in [0.3, 0.4) is 0 Å². The van der Waals surface area contributed by atoms with Gasteiger partial charge in [0.15, 0.2) is 5.66 Å². The number of likely N-dealkylation sites (tertiary alicyclic amines) is 2. The highest BCUT2D eigenvalue weighted by Crippen LogP contribution is 2.47. The van der Waals surface area contributed by atoms with Crippen molar-refractivity contribution in [2.75, 3.05) is 52.9 Å². The zero-order valence-electron chi connectivity index (χ0n) is 27.1. The number of quaternary nitrogens is 1. The number of rotatable bonds is 7. The summed E-state index contributed by atoms with van der Waals surface area (Å²) in [6.07, 6.45) is 4.09. The Hall–Kier alpha value is -3.32. The lowest BCUT2D eigenvalue weighted by Gasteiger charge is -2.61. The average Bonchev–Trinajstić information content (AvgIpc) is 3.44. The van der Waals surface area contributed by atoms with Crippen molar-refractivity contribution in [1.29, 1.82) is 0 Å². The smallest absolute Gasteiger partial charge is 0.326 e. The number of piperidine rings is 2. The lowest BCUT2D eigenvalue weighted by molar-refractivity contribution is -0.956. The van der Waals surface area contributed by atoms with Gasteiger partial charge in [-0.3, -0.25) is 18.9 Å². The van der Waals surface area contributed by atoms with E-state index in [9.17, 15) is 19.5 Å². The standard InChI is InChI=1S/C35H41Cl2N7O4/c1-40-12-8-25(9-13-40)41-14-16-42(17-15-41)35(11-19-45)21-26(10-18-44(35,34(47)48)23-24-6-7-28(36)29(37)20-24)43-31-22-38-30-5-3-2-4-27(30)32(31)39-33(43)46/h2-7,19-20,22,25-26H,8-18,21,23H2,1H3,(H-,38,39,46,47,48)/t26?,35?,44-/m0/s1. The highest BCUT2D eigenvalue weighted by molar-refractivity contribution is 6.42. The van der Waals surface area contributed by atoms with Gasteiger partial charge < -0.3 is 24.6 Å². The Morgan fingerprint density at radius 3 is 2.50 bits per heavy atom. The molecule has 1 amide bonds. The van der Waals surface area contributed by atoms with E-state index in [1.165, 1.54) is 0 Å². The maximum Gasteiger partial charge on any atom is 0.326 e. The lowest BCUT2D eigenvalue weighted by Crippen LogP contribution is -2.79. The minimum atomic E-state index is -1.25. The highest BCUT2D eigenvalue weighted by Gasteiger charge is 2.60. The average molecular weight is 695 g/mol. The van der Waals surface area contributed by atoms with Crippen molar-refractivity contribution in [3.63, 3.8) is 0 Å². The number of benzene rings is 2. The number of fused-ring (bicyclic) bond motifs is 3. The molecule has 0 radical (unpaired) electrons. The molecule has 2 aromatic heterocycles. The monoisotopic (exact) mass is 693 g/mol. The van der Waals surface area contributed by atoms with E-state index in [-0.39, 0.29) is 37.7 Å². The third kappa shape index (κ3) is 5.64. The Morgan fingerprint density at radius 1 is 1.04 bits per heavy atom. The van der Waals surface area contributed by atoms with Gasteiger partial charge in [0.05, 0.1) is 51.8 Å². The number of carboxylic acid groups (broad SMARTS) is 1. The zero-order valence-corrected chi connectivity index (χ0v) is 28.6. The molecule has 3 atom stereocenters. The molecule has 0 aliphatic carbocycles. The molecule has 254 valence electrons. The minimum absolute atomic E-state index is 0.0364. The summed E-state index contributed by atoms with van der Waals surface area (Å²) >= 11 is 12.7. The van der Waals surface area contributed by atoms with E-state index in [0.717, 1.165) is 56.2 Å². The van der Waals surface area contributed by atoms with Gasteiger partial charge in [0, 0.05) is 56.0 Å². The number of aromatic nitrogens is 3. The highest BCUT2D eigenvalue weighted by atomic mass is 35.5. The van der Waals surface area contributed by atoms with Crippen LogP contribution in [0, 0.1) is 0 Å². The minimum Gasteiger partial charge on any atom is -0.498 e. The number of para-hydroxylation sites is 1. The molecule has 11 nitrogen and oxygen atoms in total. The molecule has 3 fully saturated rings. The third-order valence-electron chi connectivity index (χ3n) is 11.3. The molecule has 13 heteroatoms. The Labute approximate surface area is 289 Å². The van der Waals surface area contributed by atoms with Crippen molar-refractivity contribution in [1.82, 2.24) is 29.2 Å². The van der Waals surface area contributed by atoms with Gasteiger partial charge in [0.25, 0.3) is 6.09 Å². The number of carbonyl (C=O) groups excluding carboxylic acids is 2. The largest absolute Gasteiger partial charge is 0.498 e. The number of aldehydes is 1. The van der Waals surface area contributed by atoms with Gasteiger partial charge in [-0.25, -0.2) is 9.69 Å². The summed E-state index contributed by atoms with van der Waals surface area (Å²) in [6, 6.07) is 12.9. The Balaban J connectivity index is 1.31. The Morgan fingerprint density at radius 2 is 1.79 bits per heavy atom. The molecule has 5 heterocycles. The van der Waals surface area contributed by atoms with Gasteiger partial charge in [-0.05, 0) is 51.2 Å². The molecule has 2 unspecified atom stereocenters. The summed E-state index contributed by atoms with van der Waals surface area (Å²) in [7, 11) is 2.15. The molecule has 48 heavy (non-hydrogen) atoms. The first kappa shape index (κ1) is 33.2. The van der Waals surface area contributed by atoms with E-state index in [1.54, 1.807) is 29.0 Å².